The van der Waals surface area contributed by atoms with Gasteiger partial charge in [-0.2, -0.15) is 0 Å². The molecule has 0 bridgehead atoms. The van der Waals surface area contributed by atoms with E-state index in [1.54, 1.807) is 24.5 Å². The third-order valence-corrected chi connectivity index (χ3v) is 5.18. The highest BCUT2D eigenvalue weighted by Gasteiger charge is 2.43. The normalized spacial score (nSPS) is 23.2. The fourth-order valence-corrected chi connectivity index (χ4v) is 3.96. The Morgan fingerprint density at radius 1 is 1.12 bits per heavy atom. The SMILES string of the molecule is O=C(c1cccnc1)N1CCC2(CCCN(c3ncc(F)cn3)C2)C1. The van der Waals surface area contributed by atoms with Crippen molar-refractivity contribution in [1.82, 2.24) is 19.9 Å². The van der Waals surface area contributed by atoms with Crippen molar-refractivity contribution >= 4 is 11.9 Å². The average Bonchev–Trinajstić information content (AvgIpc) is 3.05. The van der Waals surface area contributed by atoms with Gasteiger partial charge >= 0.3 is 0 Å². The first kappa shape index (κ1) is 15.9. The van der Waals surface area contributed by atoms with Gasteiger partial charge in [-0.3, -0.25) is 9.78 Å². The Balaban J connectivity index is 1.47. The minimum Gasteiger partial charge on any atom is -0.340 e. The van der Waals surface area contributed by atoms with E-state index in [0.717, 1.165) is 45.4 Å². The van der Waals surface area contributed by atoms with Gasteiger partial charge in [-0.15, -0.1) is 0 Å². The van der Waals surface area contributed by atoms with Crippen molar-refractivity contribution in [2.75, 3.05) is 31.1 Å². The molecule has 1 amide bonds. The van der Waals surface area contributed by atoms with Gasteiger partial charge in [0, 0.05) is 44.0 Å². The zero-order chi connectivity index (χ0) is 17.3. The monoisotopic (exact) mass is 341 g/mol. The molecule has 2 fully saturated rings. The Bertz CT molecular complexity index is 754. The van der Waals surface area contributed by atoms with Crippen LogP contribution in [0.3, 0.4) is 0 Å². The maximum Gasteiger partial charge on any atom is 0.255 e. The highest BCUT2D eigenvalue weighted by molar-refractivity contribution is 5.94. The average molecular weight is 341 g/mol. The van der Waals surface area contributed by atoms with Gasteiger partial charge in [0.05, 0.1) is 18.0 Å². The molecule has 0 aromatic carbocycles. The van der Waals surface area contributed by atoms with Crippen LogP contribution < -0.4 is 4.90 Å². The zero-order valence-electron chi connectivity index (χ0n) is 13.9. The second-order valence-corrected chi connectivity index (χ2v) is 6.94. The summed E-state index contributed by atoms with van der Waals surface area (Å²) in [6.45, 7) is 3.16. The predicted molar refractivity (Wildman–Crippen MR) is 90.6 cm³/mol. The summed E-state index contributed by atoms with van der Waals surface area (Å²) >= 11 is 0. The minimum absolute atomic E-state index is 0.0418. The quantitative estimate of drug-likeness (QED) is 0.837. The van der Waals surface area contributed by atoms with E-state index in [1.165, 1.54) is 12.4 Å². The van der Waals surface area contributed by atoms with Gasteiger partial charge < -0.3 is 9.80 Å². The van der Waals surface area contributed by atoms with Crippen LogP contribution in [0.5, 0.6) is 0 Å². The number of anilines is 1. The minimum atomic E-state index is -0.426. The van der Waals surface area contributed by atoms with E-state index in [1.807, 2.05) is 4.90 Å². The van der Waals surface area contributed by atoms with Gasteiger partial charge in [-0.05, 0) is 31.4 Å². The van der Waals surface area contributed by atoms with Crippen LogP contribution in [0.2, 0.25) is 0 Å². The number of carbonyl (C=O) groups is 1. The third-order valence-electron chi connectivity index (χ3n) is 5.18. The molecule has 1 unspecified atom stereocenters. The van der Waals surface area contributed by atoms with Crippen LogP contribution >= 0.6 is 0 Å². The van der Waals surface area contributed by atoms with Crippen LogP contribution in [-0.4, -0.2) is 51.9 Å². The van der Waals surface area contributed by atoms with Crippen LogP contribution in [-0.2, 0) is 0 Å². The lowest BCUT2D eigenvalue weighted by atomic mass is 9.79. The van der Waals surface area contributed by atoms with Gasteiger partial charge in [0.25, 0.3) is 5.91 Å². The molecular formula is C18H20FN5O. The number of pyridine rings is 1. The summed E-state index contributed by atoms with van der Waals surface area (Å²) in [5.74, 6) is 0.183. The van der Waals surface area contributed by atoms with Crippen molar-refractivity contribution in [3.63, 3.8) is 0 Å². The Morgan fingerprint density at radius 3 is 2.72 bits per heavy atom. The van der Waals surface area contributed by atoms with Crippen LogP contribution in [0.4, 0.5) is 10.3 Å². The number of likely N-dealkylation sites (tertiary alicyclic amines) is 1. The summed E-state index contributed by atoms with van der Waals surface area (Å²) in [7, 11) is 0. The van der Waals surface area contributed by atoms with E-state index in [2.05, 4.69) is 19.9 Å². The summed E-state index contributed by atoms with van der Waals surface area (Å²) in [6, 6.07) is 3.59. The Hall–Kier alpha value is -2.57. The van der Waals surface area contributed by atoms with Crippen molar-refractivity contribution in [3.8, 4) is 0 Å². The lowest BCUT2D eigenvalue weighted by molar-refractivity contribution is 0.0767. The molecule has 2 aliphatic rings. The maximum absolute atomic E-state index is 13.1. The van der Waals surface area contributed by atoms with Gasteiger partial charge in [-0.1, -0.05) is 0 Å². The molecule has 6 nitrogen and oxygen atoms in total. The van der Waals surface area contributed by atoms with Crippen molar-refractivity contribution in [3.05, 3.63) is 48.3 Å². The molecule has 0 radical (unpaired) electrons. The van der Waals surface area contributed by atoms with Crippen LogP contribution in [0.15, 0.2) is 36.9 Å². The fraction of sp³-hybridized carbons (Fsp3) is 0.444. The van der Waals surface area contributed by atoms with Crippen molar-refractivity contribution in [2.24, 2.45) is 5.41 Å². The first-order valence-corrected chi connectivity index (χ1v) is 8.57. The number of hydrogen-bond acceptors (Lipinski definition) is 5. The lowest BCUT2D eigenvalue weighted by Crippen LogP contribution is -2.46. The second kappa shape index (κ2) is 6.38. The van der Waals surface area contributed by atoms with Gasteiger partial charge in [0.15, 0.2) is 5.82 Å². The molecule has 2 saturated heterocycles. The molecule has 7 heteroatoms. The number of aromatic nitrogens is 3. The summed E-state index contributed by atoms with van der Waals surface area (Å²) in [5, 5.41) is 0. The van der Waals surface area contributed by atoms with Crippen molar-refractivity contribution in [2.45, 2.75) is 19.3 Å². The molecule has 0 N–H and O–H groups in total. The summed E-state index contributed by atoms with van der Waals surface area (Å²) in [5.41, 5.74) is 0.697. The molecule has 1 atom stereocenters. The van der Waals surface area contributed by atoms with Crippen LogP contribution in [0.25, 0.3) is 0 Å². The third kappa shape index (κ3) is 3.18. The Morgan fingerprint density at radius 2 is 1.96 bits per heavy atom. The molecule has 1 spiro atoms. The first-order chi connectivity index (χ1) is 12.2. The Kier molecular flexibility index (Phi) is 4.07. The van der Waals surface area contributed by atoms with Crippen LogP contribution in [0.1, 0.15) is 29.6 Å². The molecular weight excluding hydrogens is 321 g/mol. The number of carbonyl (C=O) groups excluding carboxylic acids is 1. The predicted octanol–water partition coefficient (Wildman–Crippen LogP) is 2.14. The highest BCUT2D eigenvalue weighted by Crippen LogP contribution is 2.40. The molecule has 2 aromatic rings. The topological polar surface area (TPSA) is 62.2 Å². The molecule has 0 saturated carbocycles. The standard InChI is InChI=1S/C18H20FN5O/c19-15-10-21-17(22-11-15)24-7-2-4-18(13-24)5-8-23(12-18)16(25)14-3-1-6-20-9-14/h1,3,6,9-11H,2,4-5,7-8,12-13H2. The first-order valence-electron chi connectivity index (χ1n) is 8.57. The number of amides is 1. The van der Waals surface area contributed by atoms with E-state index >= 15 is 0 Å². The van der Waals surface area contributed by atoms with Crippen molar-refractivity contribution < 1.29 is 9.18 Å². The molecule has 130 valence electrons. The smallest absolute Gasteiger partial charge is 0.255 e. The van der Waals surface area contributed by atoms with Gasteiger partial charge in [0.2, 0.25) is 5.95 Å². The largest absolute Gasteiger partial charge is 0.340 e. The molecule has 2 aliphatic heterocycles. The van der Waals surface area contributed by atoms with E-state index in [0.29, 0.717) is 11.5 Å². The fourth-order valence-electron chi connectivity index (χ4n) is 3.96. The molecule has 0 aliphatic carbocycles. The number of hydrogen-bond donors (Lipinski definition) is 0. The molecule has 4 heterocycles. The second-order valence-electron chi connectivity index (χ2n) is 6.94. The Labute approximate surface area is 145 Å². The van der Waals surface area contributed by atoms with E-state index in [9.17, 15) is 9.18 Å². The summed E-state index contributed by atoms with van der Waals surface area (Å²) in [6.07, 6.45) is 8.78. The van der Waals surface area contributed by atoms with Crippen LogP contribution in [0, 0.1) is 11.2 Å². The molecule has 2 aromatic heterocycles. The number of nitrogens with zero attached hydrogens (tertiary/aromatic N) is 5. The van der Waals surface area contributed by atoms with Crippen molar-refractivity contribution in [1.29, 1.82) is 0 Å². The lowest BCUT2D eigenvalue weighted by Gasteiger charge is -2.40. The number of rotatable bonds is 2. The van der Waals surface area contributed by atoms with Gasteiger partial charge in [0.1, 0.15) is 0 Å². The summed E-state index contributed by atoms with van der Waals surface area (Å²) < 4.78 is 13.1. The van der Waals surface area contributed by atoms with E-state index in [4.69, 9.17) is 0 Å². The number of piperidine rings is 1. The molecule has 4 rings (SSSR count). The van der Waals surface area contributed by atoms with E-state index < -0.39 is 5.82 Å². The van der Waals surface area contributed by atoms with E-state index in [-0.39, 0.29) is 11.3 Å². The molecule has 25 heavy (non-hydrogen) atoms. The highest BCUT2D eigenvalue weighted by atomic mass is 19.1. The maximum atomic E-state index is 13.1. The summed E-state index contributed by atoms with van der Waals surface area (Å²) in [4.78, 5) is 29.0. The zero-order valence-corrected chi connectivity index (χ0v) is 13.9. The number of halogens is 1. The van der Waals surface area contributed by atoms with Gasteiger partial charge in [-0.25, -0.2) is 14.4 Å².